The van der Waals surface area contributed by atoms with E-state index in [2.05, 4.69) is 36.5 Å². The van der Waals surface area contributed by atoms with Crippen LogP contribution in [0.15, 0.2) is 18.7 Å². The topological polar surface area (TPSA) is 27.1 Å². The normalized spacial score (nSPS) is 12.0. The lowest BCUT2D eigenvalue weighted by atomic mass is 9.93. The summed E-state index contributed by atoms with van der Waals surface area (Å²) in [4.78, 5) is 4.08. The highest BCUT2D eigenvalue weighted by Gasteiger charge is 2.08. The molecule has 0 N–H and O–H groups in total. The monoisotopic (exact) mass is 364 g/mol. The first-order valence-electron chi connectivity index (χ1n) is 11.1. The van der Waals surface area contributed by atoms with Gasteiger partial charge in [-0.15, -0.1) is 0 Å². The molecule has 0 amide bonds. The molecule has 1 aromatic heterocycles. The molecule has 0 saturated carbocycles. The van der Waals surface area contributed by atoms with Gasteiger partial charge in [0.05, 0.1) is 6.33 Å². The molecule has 0 unspecified atom stereocenters. The van der Waals surface area contributed by atoms with Crippen LogP contribution >= 0.6 is 0 Å². The maximum Gasteiger partial charge on any atom is 0.0945 e. The fourth-order valence-electron chi connectivity index (χ4n) is 3.17. The van der Waals surface area contributed by atoms with Gasteiger partial charge in [0.1, 0.15) is 0 Å². The highest BCUT2D eigenvalue weighted by Crippen LogP contribution is 2.18. The van der Waals surface area contributed by atoms with Crippen molar-refractivity contribution in [3.8, 4) is 0 Å². The molecule has 152 valence electrons. The van der Waals surface area contributed by atoms with Crippen LogP contribution in [0.3, 0.4) is 0 Å². The minimum absolute atomic E-state index is 0.403. The quantitative estimate of drug-likeness (QED) is 0.278. The number of ether oxygens (including phenoxy) is 1. The molecule has 3 heteroatoms. The molecule has 0 aromatic carbocycles. The number of hydrogen-bond acceptors (Lipinski definition) is 2. The Hall–Kier alpha value is -0.830. The molecule has 0 aliphatic heterocycles. The standard InChI is InChI=1S/C23H44N2O/c1-23(2,3)16-21-26-20-15-13-11-9-7-5-4-6-8-10-12-14-18-25-19-17-24-22-25/h17,19,22H,4-16,18,20-21H2,1-3H3. The molecule has 0 aliphatic carbocycles. The molecule has 0 atom stereocenters. The molecule has 0 bridgehead atoms. The molecule has 0 saturated heterocycles. The van der Waals surface area contributed by atoms with E-state index in [0.29, 0.717) is 5.41 Å². The zero-order valence-corrected chi connectivity index (χ0v) is 17.8. The summed E-state index contributed by atoms with van der Waals surface area (Å²) in [5.74, 6) is 0. The Morgan fingerprint density at radius 1 is 0.731 bits per heavy atom. The summed E-state index contributed by atoms with van der Waals surface area (Å²) >= 11 is 0. The Morgan fingerprint density at radius 3 is 1.77 bits per heavy atom. The average Bonchev–Trinajstić information content (AvgIpc) is 3.10. The van der Waals surface area contributed by atoms with E-state index in [1.54, 1.807) is 0 Å². The van der Waals surface area contributed by atoms with Crippen molar-refractivity contribution in [1.82, 2.24) is 9.55 Å². The zero-order chi connectivity index (χ0) is 18.9. The SMILES string of the molecule is CC(C)(C)CCOCCCCCCCCCCCCCCn1ccnc1. The molecular weight excluding hydrogens is 320 g/mol. The third-order valence-corrected chi connectivity index (χ3v) is 5.01. The number of unbranched alkanes of at least 4 members (excludes halogenated alkanes) is 11. The van der Waals surface area contributed by atoms with Gasteiger partial charge in [0, 0.05) is 32.2 Å². The van der Waals surface area contributed by atoms with E-state index in [4.69, 9.17) is 4.74 Å². The van der Waals surface area contributed by atoms with E-state index in [1.807, 2.05) is 12.5 Å². The van der Waals surface area contributed by atoms with Crippen molar-refractivity contribution < 1.29 is 4.74 Å². The molecular formula is C23H44N2O. The first kappa shape index (κ1) is 23.2. The lowest BCUT2D eigenvalue weighted by Gasteiger charge is -2.17. The molecule has 0 spiro atoms. The minimum atomic E-state index is 0.403. The van der Waals surface area contributed by atoms with Crippen molar-refractivity contribution in [2.45, 2.75) is 111 Å². The van der Waals surface area contributed by atoms with Gasteiger partial charge >= 0.3 is 0 Å². The molecule has 1 aromatic rings. The molecule has 3 nitrogen and oxygen atoms in total. The van der Waals surface area contributed by atoms with Crippen molar-refractivity contribution in [3.05, 3.63) is 18.7 Å². The molecule has 26 heavy (non-hydrogen) atoms. The molecule has 1 heterocycles. The van der Waals surface area contributed by atoms with Crippen molar-refractivity contribution in [3.63, 3.8) is 0 Å². The Balaban J connectivity index is 1.68. The van der Waals surface area contributed by atoms with E-state index in [1.165, 1.54) is 77.0 Å². The second-order valence-electron chi connectivity index (χ2n) is 8.97. The highest BCUT2D eigenvalue weighted by molar-refractivity contribution is 4.73. The second-order valence-corrected chi connectivity index (χ2v) is 8.97. The molecule has 0 aliphatic rings. The van der Waals surface area contributed by atoms with Crippen LogP contribution in [-0.2, 0) is 11.3 Å². The van der Waals surface area contributed by atoms with Gasteiger partial charge in [0.2, 0.25) is 0 Å². The maximum absolute atomic E-state index is 5.73. The summed E-state index contributed by atoms with van der Waals surface area (Å²) < 4.78 is 7.90. The first-order valence-corrected chi connectivity index (χ1v) is 11.1. The van der Waals surface area contributed by atoms with E-state index in [-0.39, 0.29) is 0 Å². The van der Waals surface area contributed by atoms with E-state index in [9.17, 15) is 0 Å². The summed E-state index contributed by atoms with van der Waals surface area (Å²) in [6.45, 7) is 9.84. The number of imidazole rings is 1. The van der Waals surface area contributed by atoms with Crippen LogP contribution in [0.2, 0.25) is 0 Å². The fourth-order valence-corrected chi connectivity index (χ4v) is 3.17. The lowest BCUT2D eigenvalue weighted by molar-refractivity contribution is 0.105. The predicted molar refractivity (Wildman–Crippen MR) is 113 cm³/mol. The van der Waals surface area contributed by atoms with Gasteiger partial charge in [0.25, 0.3) is 0 Å². The average molecular weight is 365 g/mol. The summed E-state index contributed by atoms with van der Waals surface area (Å²) in [6.07, 6.45) is 23.5. The van der Waals surface area contributed by atoms with Crippen LogP contribution in [0.4, 0.5) is 0 Å². The van der Waals surface area contributed by atoms with Crippen molar-refractivity contribution in [1.29, 1.82) is 0 Å². The van der Waals surface area contributed by atoms with Gasteiger partial charge in [-0.1, -0.05) is 85.0 Å². The predicted octanol–water partition coefficient (Wildman–Crippen LogP) is 7.02. The number of aryl methyl sites for hydroxylation is 1. The van der Waals surface area contributed by atoms with Crippen LogP contribution < -0.4 is 0 Å². The number of rotatable bonds is 17. The van der Waals surface area contributed by atoms with Crippen LogP contribution in [0.5, 0.6) is 0 Å². The van der Waals surface area contributed by atoms with Crippen LogP contribution in [0.1, 0.15) is 104 Å². The van der Waals surface area contributed by atoms with Gasteiger partial charge in [0.15, 0.2) is 0 Å². The maximum atomic E-state index is 5.73. The van der Waals surface area contributed by atoms with Gasteiger partial charge in [-0.3, -0.25) is 0 Å². The zero-order valence-electron chi connectivity index (χ0n) is 17.8. The summed E-state index contributed by atoms with van der Waals surface area (Å²) in [5.41, 5.74) is 0.403. The summed E-state index contributed by atoms with van der Waals surface area (Å²) in [5, 5.41) is 0. The Kier molecular flexibility index (Phi) is 13.6. The fraction of sp³-hybridized carbons (Fsp3) is 0.870. The Labute approximate surface area is 162 Å². The van der Waals surface area contributed by atoms with Crippen LogP contribution in [-0.4, -0.2) is 22.8 Å². The molecule has 0 fully saturated rings. The van der Waals surface area contributed by atoms with E-state index in [0.717, 1.165) is 26.2 Å². The Bertz CT molecular complexity index is 395. The number of aromatic nitrogens is 2. The Morgan fingerprint density at radius 2 is 1.27 bits per heavy atom. The highest BCUT2D eigenvalue weighted by atomic mass is 16.5. The lowest BCUT2D eigenvalue weighted by Crippen LogP contribution is -2.09. The van der Waals surface area contributed by atoms with Crippen molar-refractivity contribution in [2.75, 3.05) is 13.2 Å². The smallest absolute Gasteiger partial charge is 0.0945 e. The van der Waals surface area contributed by atoms with E-state index < -0.39 is 0 Å². The number of hydrogen-bond donors (Lipinski definition) is 0. The summed E-state index contributed by atoms with van der Waals surface area (Å²) in [7, 11) is 0. The van der Waals surface area contributed by atoms with Gasteiger partial charge in [-0.05, 0) is 24.7 Å². The van der Waals surface area contributed by atoms with Crippen molar-refractivity contribution in [2.24, 2.45) is 5.41 Å². The third-order valence-electron chi connectivity index (χ3n) is 5.01. The minimum Gasteiger partial charge on any atom is -0.381 e. The second kappa shape index (κ2) is 15.2. The largest absolute Gasteiger partial charge is 0.381 e. The molecule has 0 radical (unpaired) electrons. The van der Waals surface area contributed by atoms with Gasteiger partial charge in [-0.25, -0.2) is 4.98 Å². The van der Waals surface area contributed by atoms with Crippen LogP contribution in [0.25, 0.3) is 0 Å². The first-order chi connectivity index (χ1) is 12.6. The third kappa shape index (κ3) is 15.4. The summed E-state index contributed by atoms with van der Waals surface area (Å²) in [6, 6.07) is 0. The van der Waals surface area contributed by atoms with Gasteiger partial charge < -0.3 is 9.30 Å². The van der Waals surface area contributed by atoms with Gasteiger partial charge in [-0.2, -0.15) is 0 Å². The number of nitrogens with zero attached hydrogens (tertiary/aromatic N) is 2. The van der Waals surface area contributed by atoms with Crippen molar-refractivity contribution >= 4 is 0 Å². The van der Waals surface area contributed by atoms with E-state index >= 15 is 0 Å². The van der Waals surface area contributed by atoms with Crippen LogP contribution in [0, 0.1) is 5.41 Å². The molecule has 1 rings (SSSR count).